The van der Waals surface area contributed by atoms with Crippen LogP contribution in [0.5, 0.6) is 5.75 Å². The van der Waals surface area contributed by atoms with E-state index in [-0.39, 0.29) is 12.6 Å². The van der Waals surface area contributed by atoms with Crippen LogP contribution in [0.2, 0.25) is 0 Å². The van der Waals surface area contributed by atoms with E-state index in [0.29, 0.717) is 11.9 Å². The highest BCUT2D eigenvalue weighted by molar-refractivity contribution is 5.71. The van der Waals surface area contributed by atoms with Crippen LogP contribution in [0.15, 0.2) is 18.2 Å². The molecular formula is C18H27NO4. The minimum atomic E-state index is -0.506. The fraction of sp³-hybridized carbons (Fsp3) is 0.611. The molecule has 0 saturated carbocycles. The van der Waals surface area contributed by atoms with Crippen LogP contribution in [-0.2, 0) is 20.7 Å². The number of hydrogen-bond acceptors (Lipinski definition) is 5. The summed E-state index contributed by atoms with van der Waals surface area (Å²) in [5.41, 5.74) is 7.29. The van der Waals surface area contributed by atoms with Crippen LogP contribution >= 0.6 is 0 Å². The van der Waals surface area contributed by atoms with E-state index in [1.807, 2.05) is 32.9 Å². The van der Waals surface area contributed by atoms with Crippen molar-refractivity contribution in [3.8, 4) is 5.75 Å². The summed E-state index contributed by atoms with van der Waals surface area (Å²) in [6.45, 7) is 6.25. The van der Waals surface area contributed by atoms with E-state index in [1.165, 1.54) is 0 Å². The van der Waals surface area contributed by atoms with E-state index in [2.05, 4.69) is 0 Å². The van der Waals surface area contributed by atoms with Gasteiger partial charge in [0.2, 0.25) is 0 Å². The zero-order valence-corrected chi connectivity index (χ0v) is 14.3. The third-order valence-electron chi connectivity index (χ3n) is 3.65. The topological polar surface area (TPSA) is 70.8 Å². The molecular weight excluding hydrogens is 294 g/mol. The highest BCUT2D eigenvalue weighted by Crippen LogP contribution is 2.24. The maximum Gasteiger partial charge on any atom is 0.344 e. The van der Waals surface area contributed by atoms with Crippen molar-refractivity contribution >= 4 is 11.7 Å². The summed E-state index contributed by atoms with van der Waals surface area (Å²) in [6.07, 6.45) is 4.40. The largest absolute Gasteiger partial charge is 0.482 e. The Bertz CT molecular complexity index is 530. The molecule has 1 heterocycles. The molecule has 1 aromatic rings. The van der Waals surface area contributed by atoms with Crippen molar-refractivity contribution in [1.82, 2.24) is 0 Å². The maximum atomic E-state index is 11.7. The van der Waals surface area contributed by atoms with Crippen molar-refractivity contribution in [1.29, 1.82) is 0 Å². The normalized spacial score (nSPS) is 18.0. The monoisotopic (exact) mass is 321 g/mol. The number of rotatable bonds is 6. The number of carbonyl (C=O) groups excluding carboxylic acids is 1. The minimum Gasteiger partial charge on any atom is -0.482 e. The first-order chi connectivity index (χ1) is 10.8. The van der Waals surface area contributed by atoms with Crippen molar-refractivity contribution in [2.24, 2.45) is 0 Å². The molecule has 5 heteroatoms. The third kappa shape index (κ3) is 6.10. The average molecular weight is 321 g/mol. The number of carbonyl (C=O) groups is 1. The molecule has 0 bridgehead atoms. The Labute approximate surface area is 138 Å². The second-order valence-electron chi connectivity index (χ2n) is 6.91. The molecule has 0 unspecified atom stereocenters. The zero-order chi connectivity index (χ0) is 16.9. The molecule has 1 aliphatic heterocycles. The van der Waals surface area contributed by atoms with E-state index in [1.54, 1.807) is 6.07 Å². The van der Waals surface area contributed by atoms with Crippen LogP contribution in [0.1, 0.15) is 45.6 Å². The number of hydrogen-bond donors (Lipinski definition) is 1. The number of ether oxygens (including phenoxy) is 3. The molecule has 1 fully saturated rings. The zero-order valence-electron chi connectivity index (χ0n) is 14.3. The van der Waals surface area contributed by atoms with Crippen molar-refractivity contribution < 1.29 is 19.0 Å². The van der Waals surface area contributed by atoms with Crippen molar-refractivity contribution in [2.45, 2.75) is 58.2 Å². The van der Waals surface area contributed by atoms with E-state index >= 15 is 0 Å². The van der Waals surface area contributed by atoms with Gasteiger partial charge >= 0.3 is 5.97 Å². The van der Waals surface area contributed by atoms with Crippen LogP contribution < -0.4 is 10.5 Å². The van der Waals surface area contributed by atoms with E-state index in [0.717, 1.165) is 43.5 Å². The Hall–Kier alpha value is -1.75. The van der Waals surface area contributed by atoms with Gasteiger partial charge in [-0.05, 0) is 70.2 Å². The van der Waals surface area contributed by atoms with Gasteiger partial charge in [0.05, 0.1) is 6.10 Å². The molecule has 0 aromatic heterocycles. The van der Waals surface area contributed by atoms with Crippen LogP contribution in [0.25, 0.3) is 0 Å². The van der Waals surface area contributed by atoms with Gasteiger partial charge in [0.15, 0.2) is 6.61 Å². The lowest BCUT2D eigenvalue weighted by Gasteiger charge is -2.19. The van der Waals surface area contributed by atoms with Crippen LogP contribution in [0, 0.1) is 0 Å². The molecule has 23 heavy (non-hydrogen) atoms. The first-order valence-electron chi connectivity index (χ1n) is 8.18. The van der Waals surface area contributed by atoms with Crippen LogP contribution in [0.3, 0.4) is 0 Å². The van der Waals surface area contributed by atoms with Crippen LogP contribution in [-0.4, -0.2) is 30.9 Å². The Kier molecular flexibility index (Phi) is 5.88. The number of nitrogens with two attached hydrogens (primary N) is 1. The highest BCUT2D eigenvalue weighted by atomic mass is 16.6. The first kappa shape index (κ1) is 17.6. The van der Waals surface area contributed by atoms with Gasteiger partial charge in [0.1, 0.15) is 11.4 Å². The van der Waals surface area contributed by atoms with E-state index in [4.69, 9.17) is 19.9 Å². The van der Waals surface area contributed by atoms with Gasteiger partial charge in [0, 0.05) is 12.3 Å². The summed E-state index contributed by atoms with van der Waals surface area (Å²) in [4.78, 5) is 11.7. The van der Waals surface area contributed by atoms with Gasteiger partial charge < -0.3 is 19.9 Å². The lowest BCUT2D eigenvalue weighted by atomic mass is 10.0. The van der Waals surface area contributed by atoms with Gasteiger partial charge in [-0.2, -0.15) is 0 Å². The minimum absolute atomic E-state index is 0.105. The first-order valence-corrected chi connectivity index (χ1v) is 8.18. The van der Waals surface area contributed by atoms with Gasteiger partial charge in [-0.25, -0.2) is 4.79 Å². The van der Waals surface area contributed by atoms with Crippen LogP contribution in [0.4, 0.5) is 5.69 Å². The van der Waals surface area contributed by atoms with Crippen molar-refractivity contribution in [3.63, 3.8) is 0 Å². The summed E-state index contributed by atoms with van der Waals surface area (Å²) >= 11 is 0. The summed E-state index contributed by atoms with van der Waals surface area (Å²) in [7, 11) is 0. The molecule has 1 atom stereocenters. The molecule has 128 valence electrons. The number of benzene rings is 1. The molecule has 0 aliphatic carbocycles. The average Bonchev–Trinajstić information content (AvgIpc) is 2.96. The van der Waals surface area contributed by atoms with Gasteiger partial charge in [-0.3, -0.25) is 0 Å². The third-order valence-corrected chi connectivity index (χ3v) is 3.65. The van der Waals surface area contributed by atoms with Crippen molar-refractivity contribution in [2.75, 3.05) is 18.9 Å². The predicted octanol–water partition coefficient (Wildman–Crippen LogP) is 3.10. The summed E-state index contributed by atoms with van der Waals surface area (Å²) in [5.74, 6) is 0.252. The molecule has 0 amide bonds. The lowest BCUT2D eigenvalue weighted by molar-refractivity contribution is -0.157. The van der Waals surface area contributed by atoms with Gasteiger partial charge in [-0.15, -0.1) is 0 Å². The number of anilines is 1. The molecule has 1 aliphatic rings. The van der Waals surface area contributed by atoms with E-state index in [9.17, 15) is 4.79 Å². The summed E-state index contributed by atoms with van der Waals surface area (Å²) in [6, 6.07) is 5.49. The second kappa shape index (κ2) is 7.68. The molecule has 1 aromatic carbocycles. The highest BCUT2D eigenvalue weighted by Gasteiger charge is 2.18. The molecule has 2 N–H and O–H groups in total. The molecule has 0 spiro atoms. The Balaban J connectivity index is 1.87. The Morgan fingerprint density at radius 3 is 2.83 bits per heavy atom. The Morgan fingerprint density at radius 1 is 1.39 bits per heavy atom. The fourth-order valence-electron chi connectivity index (χ4n) is 2.59. The summed E-state index contributed by atoms with van der Waals surface area (Å²) in [5, 5.41) is 0. The molecule has 5 nitrogen and oxygen atoms in total. The fourth-order valence-corrected chi connectivity index (χ4v) is 2.59. The second-order valence-corrected chi connectivity index (χ2v) is 6.91. The molecule has 0 radical (unpaired) electrons. The number of nitrogen functional groups attached to an aromatic ring is 1. The predicted molar refractivity (Wildman–Crippen MR) is 89.5 cm³/mol. The standard InChI is InChI=1S/C18H27NO4/c1-18(2,3)23-17(20)12-22-15-8-9-16(19)13(11-15)6-7-14-5-4-10-21-14/h8-9,11,14H,4-7,10,12,19H2,1-3H3/t14-/m0/s1. The van der Waals surface area contributed by atoms with Gasteiger partial charge in [-0.1, -0.05) is 0 Å². The number of aryl methyl sites for hydroxylation is 1. The Morgan fingerprint density at radius 2 is 2.17 bits per heavy atom. The molecule has 2 rings (SSSR count). The lowest BCUT2D eigenvalue weighted by Crippen LogP contribution is -2.27. The van der Waals surface area contributed by atoms with E-state index < -0.39 is 5.60 Å². The SMILES string of the molecule is CC(C)(C)OC(=O)COc1ccc(N)c(CC[C@@H]2CCCO2)c1. The van der Waals surface area contributed by atoms with Gasteiger partial charge in [0.25, 0.3) is 0 Å². The maximum absolute atomic E-state index is 11.7. The quantitative estimate of drug-likeness (QED) is 0.644. The smallest absolute Gasteiger partial charge is 0.344 e. The summed E-state index contributed by atoms with van der Waals surface area (Å²) < 4.78 is 16.4. The van der Waals surface area contributed by atoms with Crippen molar-refractivity contribution in [3.05, 3.63) is 23.8 Å². The number of esters is 1. The molecule has 1 saturated heterocycles.